The van der Waals surface area contributed by atoms with Gasteiger partial charge in [0, 0.05) is 18.4 Å². The van der Waals surface area contributed by atoms with Gasteiger partial charge >= 0.3 is 12.1 Å². The van der Waals surface area contributed by atoms with Crippen molar-refractivity contribution >= 4 is 18.0 Å². The number of nitrogens with one attached hydrogen (secondary N) is 3. The summed E-state index contributed by atoms with van der Waals surface area (Å²) in [6.45, 7) is 7.62. The van der Waals surface area contributed by atoms with Gasteiger partial charge < -0.3 is 19.5 Å². The molecule has 0 aliphatic carbocycles. The van der Waals surface area contributed by atoms with Gasteiger partial charge in [0.2, 0.25) is 0 Å². The second kappa shape index (κ2) is 11.7. The Morgan fingerprint density at radius 2 is 1.83 bits per heavy atom. The molecule has 1 unspecified atom stereocenters. The first-order chi connectivity index (χ1) is 16.7. The highest BCUT2D eigenvalue weighted by atomic mass is 16.6. The van der Waals surface area contributed by atoms with Crippen molar-refractivity contribution in [3.63, 3.8) is 0 Å². The second-order valence-electron chi connectivity index (χ2n) is 9.15. The van der Waals surface area contributed by atoms with Gasteiger partial charge in [0.1, 0.15) is 17.4 Å². The first-order valence-corrected chi connectivity index (χ1v) is 11.7. The van der Waals surface area contributed by atoms with Crippen LogP contribution in [0.4, 0.5) is 4.79 Å². The number of carbonyl (C=O) groups excluding carboxylic acids is 3. The molecule has 0 radical (unpaired) electrons. The molecule has 188 valence electrons. The number of hydrogen-bond donors (Lipinski definition) is 3. The molecule has 0 saturated carbocycles. The first kappa shape index (κ1) is 26.0. The SMILES string of the molecule is CCOC(=O)[C@H](Cc1ccccc1)NC(=O)c1cccc2c1OCCC2NNC(=O)OC(C)(C)C. The van der Waals surface area contributed by atoms with Gasteiger partial charge in [-0.25, -0.2) is 15.0 Å². The largest absolute Gasteiger partial charge is 0.492 e. The molecule has 0 saturated heterocycles. The van der Waals surface area contributed by atoms with E-state index in [0.29, 0.717) is 30.8 Å². The van der Waals surface area contributed by atoms with E-state index in [1.165, 1.54) is 0 Å². The number of esters is 1. The van der Waals surface area contributed by atoms with Crippen LogP contribution < -0.4 is 20.9 Å². The van der Waals surface area contributed by atoms with Gasteiger partial charge in [-0.15, -0.1) is 0 Å². The Morgan fingerprint density at radius 1 is 1.09 bits per heavy atom. The molecule has 0 bridgehead atoms. The maximum atomic E-state index is 13.2. The summed E-state index contributed by atoms with van der Waals surface area (Å²) < 4.78 is 16.3. The molecule has 2 atom stereocenters. The van der Waals surface area contributed by atoms with Crippen molar-refractivity contribution in [1.29, 1.82) is 0 Å². The van der Waals surface area contributed by atoms with E-state index in [4.69, 9.17) is 14.2 Å². The van der Waals surface area contributed by atoms with Crippen molar-refractivity contribution in [1.82, 2.24) is 16.2 Å². The molecule has 3 rings (SSSR count). The third kappa shape index (κ3) is 7.45. The molecule has 2 aromatic carbocycles. The molecule has 0 fully saturated rings. The van der Waals surface area contributed by atoms with E-state index in [2.05, 4.69) is 16.2 Å². The number of hydrogen-bond acceptors (Lipinski definition) is 7. The smallest absolute Gasteiger partial charge is 0.422 e. The van der Waals surface area contributed by atoms with E-state index in [-0.39, 0.29) is 12.6 Å². The highest BCUT2D eigenvalue weighted by Gasteiger charge is 2.29. The van der Waals surface area contributed by atoms with Crippen LogP contribution in [0.15, 0.2) is 48.5 Å². The van der Waals surface area contributed by atoms with Gasteiger partial charge in [0.15, 0.2) is 0 Å². The quantitative estimate of drug-likeness (QED) is 0.389. The van der Waals surface area contributed by atoms with Gasteiger partial charge in [-0.2, -0.15) is 0 Å². The van der Waals surface area contributed by atoms with Gasteiger partial charge in [-0.3, -0.25) is 10.2 Å². The van der Waals surface area contributed by atoms with Crippen LogP contribution in [0.25, 0.3) is 0 Å². The zero-order chi connectivity index (χ0) is 25.4. The summed E-state index contributed by atoms with van der Waals surface area (Å²) >= 11 is 0. The van der Waals surface area contributed by atoms with Crippen LogP contribution >= 0.6 is 0 Å². The number of fused-ring (bicyclic) bond motifs is 1. The average molecular weight is 484 g/mol. The molecule has 2 aromatic rings. The number of amides is 2. The normalized spacial score (nSPS) is 15.7. The van der Waals surface area contributed by atoms with E-state index in [9.17, 15) is 14.4 Å². The van der Waals surface area contributed by atoms with Crippen LogP contribution in [0.5, 0.6) is 5.75 Å². The molecular weight excluding hydrogens is 450 g/mol. The van der Waals surface area contributed by atoms with Crippen LogP contribution in [0.3, 0.4) is 0 Å². The first-order valence-electron chi connectivity index (χ1n) is 11.7. The predicted octanol–water partition coefficient (Wildman–Crippen LogP) is 3.44. The summed E-state index contributed by atoms with van der Waals surface area (Å²) in [6.07, 6.45) is 0.274. The highest BCUT2D eigenvalue weighted by molar-refractivity contribution is 5.99. The predicted molar refractivity (Wildman–Crippen MR) is 130 cm³/mol. The van der Waals surface area contributed by atoms with Gasteiger partial charge in [-0.05, 0) is 39.3 Å². The number of para-hydroxylation sites is 1. The number of rotatable bonds is 8. The van der Waals surface area contributed by atoms with Crippen LogP contribution in [0.2, 0.25) is 0 Å². The lowest BCUT2D eigenvalue weighted by Gasteiger charge is -2.29. The molecule has 3 N–H and O–H groups in total. The summed E-state index contributed by atoms with van der Waals surface area (Å²) in [6, 6.07) is 13.5. The second-order valence-corrected chi connectivity index (χ2v) is 9.15. The molecular formula is C26H33N3O6. The zero-order valence-corrected chi connectivity index (χ0v) is 20.6. The average Bonchev–Trinajstić information content (AvgIpc) is 2.81. The van der Waals surface area contributed by atoms with Gasteiger partial charge in [-0.1, -0.05) is 42.5 Å². The molecule has 1 aliphatic rings. The monoisotopic (exact) mass is 483 g/mol. The number of carbonyl (C=O) groups is 3. The van der Waals surface area contributed by atoms with Crippen molar-refractivity contribution < 1.29 is 28.6 Å². The Hall–Kier alpha value is -3.59. The molecule has 2 amide bonds. The fourth-order valence-electron chi connectivity index (χ4n) is 3.73. The van der Waals surface area contributed by atoms with Gasteiger partial charge in [0.25, 0.3) is 5.91 Å². The van der Waals surface area contributed by atoms with Crippen molar-refractivity contribution in [2.24, 2.45) is 0 Å². The Labute approximate surface area is 205 Å². The minimum Gasteiger partial charge on any atom is -0.492 e. The Kier molecular flexibility index (Phi) is 8.70. The lowest BCUT2D eigenvalue weighted by atomic mass is 9.97. The molecule has 1 heterocycles. The molecule has 9 nitrogen and oxygen atoms in total. The van der Waals surface area contributed by atoms with Crippen LogP contribution in [0.1, 0.15) is 61.6 Å². The molecule has 9 heteroatoms. The maximum Gasteiger partial charge on any atom is 0.422 e. The molecule has 35 heavy (non-hydrogen) atoms. The number of hydrazine groups is 1. The summed E-state index contributed by atoms with van der Waals surface area (Å²) in [4.78, 5) is 37.9. The summed E-state index contributed by atoms with van der Waals surface area (Å²) in [5.41, 5.74) is 6.81. The van der Waals surface area contributed by atoms with E-state index in [1.807, 2.05) is 36.4 Å². The third-order valence-electron chi connectivity index (χ3n) is 5.22. The van der Waals surface area contributed by atoms with Crippen molar-refractivity contribution in [3.8, 4) is 5.75 Å². The fraction of sp³-hybridized carbons (Fsp3) is 0.423. The maximum absolute atomic E-state index is 13.2. The summed E-state index contributed by atoms with van der Waals surface area (Å²) in [5.74, 6) is -0.546. The zero-order valence-electron chi connectivity index (χ0n) is 20.6. The van der Waals surface area contributed by atoms with Crippen molar-refractivity contribution in [3.05, 3.63) is 65.2 Å². The molecule has 1 aliphatic heterocycles. The lowest BCUT2D eigenvalue weighted by Crippen LogP contribution is -2.45. The fourth-order valence-corrected chi connectivity index (χ4v) is 3.73. The number of benzene rings is 2. The Bertz CT molecular complexity index is 1040. The minimum absolute atomic E-state index is 0.210. The van der Waals surface area contributed by atoms with Crippen LogP contribution in [-0.4, -0.2) is 42.8 Å². The standard InChI is InChI=1S/C26H33N3O6/c1-5-33-24(31)21(16-17-10-7-6-8-11-17)27-23(30)19-13-9-12-18-20(14-15-34-22(18)19)28-29-25(32)35-26(2,3)4/h6-13,20-21,28H,5,14-16H2,1-4H3,(H,27,30)(H,29,32)/t20?,21-/m0/s1. The summed E-state index contributed by atoms with van der Waals surface area (Å²) in [5, 5.41) is 2.80. The van der Waals surface area contributed by atoms with Crippen LogP contribution in [-0.2, 0) is 20.7 Å². The minimum atomic E-state index is -0.855. The van der Waals surface area contributed by atoms with Crippen molar-refractivity contribution in [2.45, 2.75) is 58.2 Å². The van der Waals surface area contributed by atoms with E-state index in [0.717, 1.165) is 11.1 Å². The van der Waals surface area contributed by atoms with Crippen LogP contribution in [0, 0.1) is 0 Å². The number of ether oxygens (including phenoxy) is 3. The third-order valence-corrected chi connectivity index (χ3v) is 5.22. The highest BCUT2D eigenvalue weighted by Crippen LogP contribution is 2.34. The van der Waals surface area contributed by atoms with E-state index < -0.39 is 29.6 Å². The lowest BCUT2D eigenvalue weighted by molar-refractivity contribution is -0.145. The Balaban J connectivity index is 1.75. The van der Waals surface area contributed by atoms with E-state index >= 15 is 0 Å². The summed E-state index contributed by atoms with van der Waals surface area (Å²) in [7, 11) is 0. The van der Waals surface area contributed by atoms with E-state index in [1.54, 1.807) is 39.8 Å². The molecule has 0 spiro atoms. The van der Waals surface area contributed by atoms with Crippen molar-refractivity contribution in [2.75, 3.05) is 13.2 Å². The van der Waals surface area contributed by atoms with Gasteiger partial charge in [0.05, 0.1) is 24.8 Å². The Morgan fingerprint density at radius 3 is 2.51 bits per heavy atom. The topological polar surface area (TPSA) is 115 Å². The molecule has 0 aromatic heterocycles.